The highest BCUT2D eigenvalue weighted by Crippen LogP contribution is 2.29. The molecule has 104 valence electrons. The lowest BCUT2D eigenvalue weighted by Crippen LogP contribution is -1.98. The van der Waals surface area contributed by atoms with Crippen LogP contribution in [0.5, 0.6) is 5.75 Å². The van der Waals surface area contributed by atoms with Gasteiger partial charge in [0, 0.05) is 0 Å². The van der Waals surface area contributed by atoms with Gasteiger partial charge in [0.1, 0.15) is 12.4 Å². The Bertz CT molecular complexity index is 708. The van der Waals surface area contributed by atoms with E-state index in [9.17, 15) is 0 Å². The second kappa shape index (κ2) is 6.14. The Hall–Kier alpha value is -2.74. The molecule has 0 aromatic heterocycles. The summed E-state index contributed by atoms with van der Waals surface area (Å²) in [4.78, 5) is 0. The quantitative estimate of drug-likeness (QED) is 0.711. The van der Waals surface area contributed by atoms with Crippen molar-refractivity contribution in [1.82, 2.24) is 0 Å². The Kier molecular flexibility index (Phi) is 3.88. The van der Waals surface area contributed by atoms with Gasteiger partial charge < -0.3 is 10.5 Å². The molecule has 0 saturated heterocycles. The van der Waals surface area contributed by atoms with E-state index in [1.165, 1.54) is 0 Å². The molecule has 0 aliphatic heterocycles. The monoisotopic (exact) mass is 275 g/mol. The van der Waals surface area contributed by atoms with Gasteiger partial charge in [-0.3, -0.25) is 0 Å². The number of hydrogen-bond acceptors (Lipinski definition) is 2. The summed E-state index contributed by atoms with van der Waals surface area (Å²) in [7, 11) is 0. The average Bonchev–Trinajstić information content (AvgIpc) is 2.56. The normalized spacial score (nSPS) is 10.3. The molecule has 3 aromatic rings. The summed E-state index contributed by atoms with van der Waals surface area (Å²) in [5.74, 6) is 0.722. The molecule has 0 fully saturated rings. The topological polar surface area (TPSA) is 35.2 Å². The molecule has 0 heterocycles. The third-order valence-corrected chi connectivity index (χ3v) is 3.36. The number of rotatable bonds is 4. The summed E-state index contributed by atoms with van der Waals surface area (Å²) >= 11 is 0. The standard InChI is InChI=1S/C19H17NO/c20-18-12-11-17(16-9-5-2-6-10-16)13-19(18)21-14-15-7-3-1-4-8-15/h1-13H,14,20H2. The van der Waals surface area contributed by atoms with Crippen molar-refractivity contribution < 1.29 is 4.74 Å². The van der Waals surface area contributed by atoms with Crippen molar-refractivity contribution >= 4 is 5.69 Å². The number of ether oxygens (including phenoxy) is 1. The Morgan fingerprint density at radius 1 is 0.714 bits per heavy atom. The van der Waals surface area contributed by atoms with Gasteiger partial charge in [-0.1, -0.05) is 66.7 Å². The van der Waals surface area contributed by atoms with E-state index in [1.54, 1.807) is 0 Å². The van der Waals surface area contributed by atoms with Gasteiger partial charge in [0.25, 0.3) is 0 Å². The fourth-order valence-electron chi connectivity index (χ4n) is 2.20. The molecule has 0 amide bonds. The van der Waals surface area contributed by atoms with Gasteiger partial charge in [-0.15, -0.1) is 0 Å². The molecule has 0 unspecified atom stereocenters. The Balaban J connectivity index is 1.82. The van der Waals surface area contributed by atoms with Crippen LogP contribution in [0, 0.1) is 0 Å². The van der Waals surface area contributed by atoms with E-state index in [0.717, 1.165) is 22.4 Å². The van der Waals surface area contributed by atoms with Gasteiger partial charge in [0.15, 0.2) is 0 Å². The van der Waals surface area contributed by atoms with Crippen LogP contribution in [0.25, 0.3) is 11.1 Å². The lowest BCUT2D eigenvalue weighted by Gasteiger charge is -2.11. The third kappa shape index (κ3) is 3.23. The predicted molar refractivity (Wildman–Crippen MR) is 87.1 cm³/mol. The molecule has 3 rings (SSSR count). The Morgan fingerprint density at radius 3 is 2.10 bits per heavy atom. The second-order valence-electron chi connectivity index (χ2n) is 4.89. The van der Waals surface area contributed by atoms with Crippen molar-refractivity contribution in [3.8, 4) is 16.9 Å². The van der Waals surface area contributed by atoms with E-state index < -0.39 is 0 Å². The Morgan fingerprint density at radius 2 is 1.38 bits per heavy atom. The van der Waals surface area contributed by atoms with E-state index >= 15 is 0 Å². The Labute approximate surface area is 124 Å². The number of anilines is 1. The van der Waals surface area contributed by atoms with E-state index in [1.807, 2.05) is 66.7 Å². The molecule has 0 spiro atoms. The fourth-order valence-corrected chi connectivity index (χ4v) is 2.20. The number of nitrogen functional groups attached to an aromatic ring is 1. The van der Waals surface area contributed by atoms with Crippen LogP contribution in [0.4, 0.5) is 5.69 Å². The first-order valence-corrected chi connectivity index (χ1v) is 6.94. The summed E-state index contributed by atoms with van der Waals surface area (Å²) in [6.07, 6.45) is 0. The molecule has 2 heteroatoms. The molecule has 0 aliphatic carbocycles. The molecule has 21 heavy (non-hydrogen) atoms. The van der Waals surface area contributed by atoms with Crippen LogP contribution in [0.2, 0.25) is 0 Å². The van der Waals surface area contributed by atoms with Crippen molar-refractivity contribution in [1.29, 1.82) is 0 Å². The smallest absolute Gasteiger partial charge is 0.143 e. The van der Waals surface area contributed by atoms with Crippen molar-refractivity contribution in [2.24, 2.45) is 0 Å². The zero-order valence-corrected chi connectivity index (χ0v) is 11.7. The maximum absolute atomic E-state index is 6.01. The molecule has 2 N–H and O–H groups in total. The lowest BCUT2D eigenvalue weighted by atomic mass is 10.1. The van der Waals surface area contributed by atoms with Gasteiger partial charge in [-0.2, -0.15) is 0 Å². The SMILES string of the molecule is Nc1ccc(-c2ccccc2)cc1OCc1ccccc1. The summed E-state index contributed by atoms with van der Waals surface area (Å²) in [6, 6.07) is 26.2. The lowest BCUT2D eigenvalue weighted by molar-refractivity contribution is 0.308. The zero-order valence-electron chi connectivity index (χ0n) is 11.7. The average molecular weight is 275 g/mol. The van der Waals surface area contributed by atoms with Gasteiger partial charge in [-0.25, -0.2) is 0 Å². The highest BCUT2D eigenvalue weighted by Gasteiger charge is 2.04. The first-order valence-electron chi connectivity index (χ1n) is 6.94. The third-order valence-electron chi connectivity index (χ3n) is 3.36. The van der Waals surface area contributed by atoms with Crippen LogP contribution < -0.4 is 10.5 Å². The van der Waals surface area contributed by atoms with Gasteiger partial charge in [-0.05, 0) is 28.8 Å². The highest BCUT2D eigenvalue weighted by atomic mass is 16.5. The van der Waals surface area contributed by atoms with Crippen molar-refractivity contribution in [3.05, 3.63) is 84.4 Å². The minimum atomic E-state index is 0.517. The van der Waals surface area contributed by atoms with Crippen LogP contribution in [0.15, 0.2) is 78.9 Å². The molecular weight excluding hydrogens is 258 g/mol. The molecule has 0 radical (unpaired) electrons. The molecular formula is C19H17NO. The zero-order chi connectivity index (χ0) is 14.5. The van der Waals surface area contributed by atoms with Crippen LogP contribution >= 0.6 is 0 Å². The summed E-state index contributed by atoms with van der Waals surface area (Å²) in [5, 5.41) is 0. The first kappa shape index (κ1) is 13.3. The van der Waals surface area contributed by atoms with Crippen LogP contribution in [0.1, 0.15) is 5.56 Å². The summed E-state index contributed by atoms with van der Waals surface area (Å²) in [5.41, 5.74) is 10.1. The maximum Gasteiger partial charge on any atom is 0.143 e. The minimum Gasteiger partial charge on any atom is -0.487 e. The summed E-state index contributed by atoms with van der Waals surface area (Å²) in [6.45, 7) is 0.517. The highest BCUT2D eigenvalue weighted by molar-refractivity contribution is 5.69. The maximum atomic E-state index is 6.01. The largest absolute Gasteiger partial charge is 0.487 e. The van der Waals surface area contributed by atoms with E-state index in [-0.39, 0.29) is 0 Å². The van der Waals surface area contributed by atoms with Gasteiger partial charge >= 0.3 is 0 Å². The van der Waals surface area contributed by atoms with E-state index in [0.29, 0.717) is 12.3 Å². The van der Waals surface area contributed by atoms with Crippen molar-refractivity contribution in [2.75, 3.05) is 5.73 Å². The molecule has 0 atom stereocenters. The molecule has 0 saturated carbocycles. The summed E-state index contributed by atoms with van der Waals surface area (Å²) < 4.78 is 5.86. The van der Waals surface area contributed by atoms with Gasteiger partial charge in [0.05, 0.1) is 5.69 Å². The molecule has 3 aromatic carbocycles. The first-order chi connectivity index (χ1) is 10.3. The predicted octanol–water partition coefficient (Wildman–Crippen LogP) is 4.51. The van der Waals surface area contributed by atoms with Gasteiger partial charge in [0.2, 0.25) is 0 Å². The minimum absolute atomic E-state index is 0.517. The van der Waals surface area contributed by atoms with Crippen molar-refractivity contribution in [2.45, 2.75) is 6.61 Å². The van der Waals surface area contributed by atoms with E-state index in [4.69, 9.17) is 10.5 Å². The van der Waals surface area contributed by atoms with Crippen molar-refractivity contribution in [3.63, 3.8) is 0 Å². The van der Waals surface area contributed by atoms with E-state index in [2.05, 4.69) is 12.1 Å². The van der Waals surface area contributed by atoms with Crippen LogP contribution in [-0.2, 0) is 6.61 Å². The second-order valence-corrected chi connectivity index (χ2v) is 4.89. The number of benzene rings is 3. The molecule has 0 aliphatic rings. The van der Waals surface area contributed by atoms with Crippen LogP contribution in [-0.4, -0.2) is 0 Å². The molecule has 2 nitrogen and oxygen atoms in total. The number of nitrogens with two attached hydrogens (primary N) is 1. The molecule has 0 bridgehead atoms. The fraction of sp³-hybridized carbons (Fsp3) is 0.0526. The number of hydrogen-bond donors (Lipinski definition) is 1. The van der Waals surface area contributed by atoms with Crippen LogP contribution in [0.3, 0.4) is 0 Å².